The van der Waals surface area contributed by atoms with Crippen LogP contribution in [0.3, 0.4) is 0 Å². The van der Waals surface area contributed by atoms with Gasteiger partial charge in [0.05, 0.1) is 12.6 Å². The van der Waals surface area contributed by atoms with Crippen LogP contribution in [0.2, 0.25) is 0 Å². The van der Waals surface area contributed by atoms with Crippen LogP contribution < -0.4 is 10.1 Å². The molecule has 1 aliphatic rings. The summed E-state index contributed by atoms with van der Waals surface area (Å²) in [5.74, 6) is 0.985. The number of rotatable bonds is 2. The van der Waals surface area contributed by atoms with Crippen molar-refractivity contribution in [2.24, 2.45) is 0 Å². The summed E-state index contributed by atoms with van der Waals surface area (Å²) in [6.07, 6.45) is 0.980. The minimum Gasteiger partial charge on any atom is -0.493 e. The first-order chi connectivity index (χ1) is 9.63. The molecular weight excluding hydrogens is 429 g/mol. The fourth-order valence-corrected chi connectivity index (χ4v) is 3.29. The minimum absolute atomic E-state index is 0.301. The Morgan fingerprint density at radius 3 is 2.90 bits per heavy atom. The van der Waals surface area contributed by atoms with Crippen molar-refractivity contribution in [3.8, 4) is 5.75 Å². The molecule has 20 heavy (non-hydrogen) atoms. The van der Waals surface area contributed by atoms with Crippen molar-refractivity contribution in [3.05, 3.63) is 55.6 Å². The Hall–Kier alpha value is -0.750. The predicted octanol–water partition coefficient (Wildman–Crippen LogP) is 5.30. The standard InChI is InChI=1S/C16H15BrINO/c1-10-2-4-12(9-14(10)18)19-15-6-7-20-16-5-3-11(17)8-13(15)16/h2-5,8-9,15,19H,6-7H2,1H3. The number of benzene rings is 2. The number of halogens is 2. The van der Waals surface area contributed by atoms with Crippen LogP contribution in [0.5, 0.6) is 5.75 Å². The zero-order valence-corrected chi connectivity index (χ0v) is 14.9. The second-order valence-corrected chi connectivity index (χ2v) is 7.06. The van der Waals surface area contributed by atoms with E-state index in [1.54, 1.807) is 0 Å². The number of aryl methyl sites for hydroxylation is 1. The maximum Gasteiger partial charge on any atom is 0.124 e. The van der Waals surface area contributed by atoms with Gasteiger partial charge in [-0.05, 0) is 65.4 Å². The van der Waals surface area contributed by atoms with Gasteiger partial charge in [-0.3, -0.25) is 0 Å². The van der Waals surface area contributed by atoms with E-state index >= 15 is 0 Å². The molecule has 0 amide bonds. The first-order valence-corrected chi connectivity index (χ1v) is 8.45. The molecule has 1 unspecified atom stereocenters. The summed E-state index contributed by atoms with van der Waals surface area (Å²) >= 11 is 5.92. The van der Waals surface area contributed by atoms with E-state index in [0.29, 0.717) is 6.04 Å². The smallest absolute Gasteiger partial charge is 0.124 e. The van der Waals surface area contributed by atoms with Gasteiger partial charge in [-0.25, -0.2) is 0 Å². The van der Waals surface area contributed by atoms with Gasteiger partial charge in [0.15, 0.2) is 0 Å². The Morgan fingerprint density at radius 1 is 1.25 bits per heavy atom. The lowest BCUT2D eigenvalue weighted by Gasteiger charge is -2.28. The van der Waals surface area contributed by atoms with Gasteiger partial charge in [0, 0.05) is 25.7 Å². The van der Waals surface area contributed by atoms with E-state index < -0.39 is 0 Å². The van der Waals surface area contributed by atoms with E-state index in [2.05, 4.69) is 75.0 Å². The van der Waals surface area contributed by atoms with Crippen LogP contribution in [0.15, 0.2) is 40.9 Å². The lowest BCUT2D eigenvalue weighted by atomic mass is 10.00. The molecule has 0 spiro atoms. The molecule has 0 saturated heterocycles. The quantitative estimate of drug-likeness (QED) is 0.636. The second kappa shape index (κ2) is 5.93. The van der Waals surface area contributed by atoms with Crippen LogP contribution in [0, 0.1) is 10.5 Å². The zero-order chi connectivity index (χ0) is 14.1. The van der Waals surface area contributed by atoms with Gasteiger partial charge in [-0.2, -0.15) is 0 Å². The van der Waals surface area contributed by atoms with Crippen molar-refractivity contribution >= 4 is 44.2 Å². The Kier molecular flexibility index (Phi) is 4.21. The number of hydrogen-bond acceptors (Lipinski definition) is 2. The molecule has 0 aliphatic carbocycles. The van der Waals surface area contributed by atoms with Crippen molar-refractivity contribution in [2.45, 2.75) is 19.4 Å². The Bertz CT molecular complexity index is 644. The molecule has 2 aromatic rings. The Morgan fingerprint density at radius 2 is 2.10 bits per heavy atom. The average molecular weight is 444 g/mol. The molecule has 1 aliphatic heterocycles. The minimum atomic E-state index is 0.301. The molecule has 0 radical (unpaired) electrons. The number of fused-ring (bicyclic) bond motifs is 1. The molecule has 2 nitrogen and oxygen atoms in total. The highest BCUT2D eigenvalue weighted by Crippen LogP contribution is 2.36. The number of anilines is 1. The lowest BCUT2D eigenvalue weighted by molar-refractivity contribution is 0.274. The molecule has 0 fully saturated rings. The highest BCUT2D eigenvalue weighted by molar-refractivity contribution is 14.1. The van der Waals surface area contributed by atoms with Crippen molar-refractivity contribution < 1.29 is 4.74 Å². The summed E-state index contributed by atoms with van der Waals surface area (Å²) in [6, 6.07) is 13.0. The molecule has 2 aromatic carbocycles. The first kappa shape index (κ1) is 14.2. The third kappa shape index (κ3) is 2.96. The summed E-state index contributed by atoms with van der Waals surface area (Å²) < 4.78 is 8.10. The van der Waals surface area contributed by atoms with E-state index in [9.17, 15) is 0 Å². The highest BCUT2D eigenvalue weighted by Gasteiger charge is 2.21. The van der Waals surface area contributed by atoms with Crippen molar-refractivity contribution in [1.29, 1.82) is 0 Å². The van der Waals surface area contributed by atoms with Gasteiger partial charge in [-0.1, -0.05) is 22.0 Å². The van der Waals surface area contributed by atoms with Gasteiger partial charge >= 0.3 is 0 Å². The van der Waals surface area contributed by atoms with Gasteiger partial charge in [0.25, 0.3) is 0 Å². The predicted molar refractivity (Wildman–Crippen MR) is 94.5 cm³/mol. The third-order valence-corrected chi connectivity index (χ3v) is 5.18. The number of nitrogens with one attached hydrogen (secondary N) is 1. The fourth-order valence-electron chi connectivity index (χ4n) is 2.40. The van der Waals surface area contributed by atoms with Crippen LogP contribution in [0.1, 0.15) is 23.6 Å². The maximum absolute atomic E-state index is 5.73. The molecule has 0 bridgehead atoms. The Balaban J connectivity index is 1.89. The lowest BCUT2D eigenvalue weighted by Crippen LogP contribution is -2.20. The zero-order valence-electron chi connectivity index (χ0n) is 11.1. The normalized spacial score (nSPS) is 17.2. The van der Waals surface area contributed by atoms with Crippen LogP contribution in [0.4, 0.5) is 5.69 Å². The summed E-state index contributed by atoms with van der Waals surface area (Å²) in [6.45, 7) is 2.89. The van der Waals surface area contributed by atoms with Crippen molar-refractivity contribution in [1.82, 2.24) is 0 Å². The van der Waals surface area contributed by atoms with E-state index in [1.807, 2.05) is 12.1 Å². The number of hydrogen-bond donors (Lipinski definition) is 1. The Labute approximate surface area is 141 Å². The van der Waals surface area contributed by atoms with Crippen LogP contribution in [-0.4, -0.2) is 6.61 Å². The van der Waals surface area contributed by atoms with E-state index in [-0.39, 0.29) is 0 Å². The largest absolute Gasteiger partial charge is 0.493 e. The summed E-state index contributed by atoms with van der Waals surface area (Å²) in [7, 11) is 0. The summed E-state index contributed by atoms with van der Waals surface area (Å²) in [5, 5.41) is 3.63. The maximum atomic E-state index is 5.73. The third-order valence-electron chi connectivity index (χ3n) is 3.52. The van der Waals surface area contributed by atoms with Crippen molar-refractivity contribution in [2.75, 3.05) is 11.9 Å². The van der Waals surface area contributed by atoms with Crippen molar-refractivity contribution in [3.63, 3.8) is 0 Å². The monoisotopic (exact) mass is 443 g/mol. The molecule has 1 heterocycles. The molecule has 1 N–H and O–H groups in total. The SMILES string of the molecule is Cc1ccc(NC2CCOc3ccc(Br)cc32)cc1I. The second-order valence-electron chi connectivity index (χ2n) is 4.98. The van der Waals surface area contributed by atoms with Gasteiger partial charge in [0.2, 0.25) is 0 Å². The molecule has 0 saturated carbocycles. The topological polar surface area (TPSA) is 21.3 Å². The van der Waals surface area contributed by atoms with Gasteiger partial charge in [-0.15, -0.1) is 0 Å². The van der Waals surface area contributed by atoms with Crippen LogP contribution in [0.25, 0.3) is 0 Å². The number of ether oxygens (including phenoxy) is 1. The molecule has 0 aromatic heterocycles. The van der Waals surface area contributed by atoms with Gasteiger partial charge < -0.3 is 10.1 Å². The molecule has 4 heteroatoms. The molecule has 104 valence electrons. The van der Waals surface area contributed by atoms with E-state index in [4.69, 9.17) is 4.74 Å². The van der Waals surface area contributed by atoms with Gasteiger partial charge in [0.1, 0.15) is 5.75 Å². The highest BCUT2D eigenvalue weighted by atomic mass is 127. The van der Waals surface area contributed by atoms with E-state index in [1.165, 1.54) is 14.7 Å². The fraction of sp³-hybridized carbons (Fsp3) is 0.250. The van der Waals surface area contributed by atoms with Crippen LogP contribution >= 0.6 is 38.5 Å². The summed E-state index contributed by atoms with van der Waals surface area (Å²) in [4.78, 5) is 0. The average Bonchev–Trinajstić information content (AvgIpc) is 2.44. The summed E-state index contributed by atoms with van der Waals surface area (Å²) in [5.41, 5.74) is 3.70. The van der Waals surface area contributed by atoms with E-state index in [0.717, 1.165) is 28.9 Å². The molecular formula is C16H15BrINO. The molecule has 3 rings (SSSR count). The first-order valence-electron chi connectivity index (χ1n) is 6.58. The molecule has 1 atom stereocenters. The van der Waals surface area contributed by atoms with Crippen LogP contribution in [-0.2, 0) is 0 Å².